The summed E-state index contributed by atoms with van der Waals surface area (Å²) < 4.78 is 26.9. The van der Waals surface area contributed by atoms with Crippen LogP contribution in [0, 0.1) is 11.6 Å². The van der Waals surface area contributed by atoms with Crippen LogP contribution in [0.25, 0.3) is 0 Å². The monoisotopic (exact) mass is 353 g/mol. The summed E-state index contributed by atoms with van der Waals surface area (Å²) in [6.07, 6.45) is 0.593. The second-order valence-electron chi connectivity index (χ2n) is 3.46. The number of carbonyl (C=O) groups excluding carboxylic acids is 1. The van der Waals surface area contributed by atoms with Gasteiger partial charge in [-0.1, -0.05) is 15.9 Å². The summed E-state index contributed by atoms with van der Waals surface area (Å²) >= 11 is 6.07. The van der Waals surface area contributed by atoms with Gasteiger partial charge in [0.05, 0.1) is 15.0 Å². The quantitative estimate of drug-likeness (QED) is 0.560. The molecule has 1 amide bonds. The van der Waals surface area contributed by atoms with E-state index < -0.39 is 11.6 Å². The number of alkyl halides is 1. The second kappa shape index (κ2) is 4.41. The normalized spacial score (nSPS) is 20.6. The topological polar surface area (TPSA) is 20.3 Å². The lowest BCUT2D eigenvalue weighted by Gasteiger charge is -2.17. The Morgan fingerprint density at radius 1 is 1.31 bits per heavy atom. The molecule has 1 saturated heterocycles. The van der Waals surface area contributed by atoms with E-state index in [4.69, 9.17) is 0 Å². The number of anilines is 1. The Balaban J connectivity index is 2.41. The highest BCUT2D eigenvalue weighted by Gasteiger charge is 2.32. The standard InChI is InChI=1S/C10H7Br2F2NO/c11-5-1-2-15(10(5)16)9-4-7(13)6(12)3-8(9)14/h3-5H,1-2H2. The van der Waals surface area contributed by atoms with Gasteiger partial charge in [-0.2, -0.15) is 0 Å². The highest BCUT2D eigenvalue weighted by Crippen LogP contribution is 2.30. The first kappa shape index (κ1) is 12.0. The third-order valence-electron chi connectivity index (χ3n) is 2.42. The molecule has 1 unspecified atom stereocenters. The van der Waals surface area contributed by atoms with Crippen LogP contribution < -0.4 is 4.90 Å². The van der Waals surface area contributed by atoms with Crippen molar-refractivity contribution in [3.05, 3.63) is 28.2 Å². The average molecular weight is 355 g/mol. The maximum absolute atomic E-state index is 13.6. The lowest BCUT2D eigenvalue weighted by Crippen LogP contribution is -2.28. The Bertz CT molecular complexity index is 453. The Hall–Kier alpha value is -0.490. The molecule has 0 bridgehead atoms. The van der Waals surface area contributed by atoms with E-state index >= 15 is 0 Å². The third-order valence-corrected chi connectivity index (χ3v) is 3.88. The third kappa shape index (κ3) is 2.00. The molecule has 0 aliphatic carbocycles. The first-order valence-corrected chi connectivity index (χ1v) is 6.31. The molecule has 1 atom stereocenters. The number of nitrogens with zero attached hydrogens (tertiary/aromatic N) is 1. The average Bonchev–Trinajstić information content (AvgIpc) is 2.54. The molecule has 1 aromatic rings. The van der Waals surface area contributed by atoms with Gasteiger partial charge >= 0.3 is 0 Å². The summed E-state index contributed by atoms with van der Waals surface area (Å²) in [6, 6.07) is 2.06. The molecule has 1 aliphatic heterocycles. The maximum Gasteiger partial charge on any atom is 0.240 e. The fraction of sp³-hybridized carbons (Fsp3) is 0.300. The molecule has 2 rings (SSSR count). The minimum atomic E-state index is -0.608. The van der Waals surface area contributed by atoms with Crippen LogP contribution in [-0.2, 0) is 4.79 Å². The molecule has 86 valence electrons. The van der Waals surface area contributed by atoms with Crippen LogP contribution in [-0.4, -0.2) is 17.3 Å². The minimum Gasteiger partial charge on any atom is -0.309 e. The van der Waals surface area contributed by atoms with Crippen LogP contribution in [0.1, 0.15) is 6.42 Å². The molecule has 0 aromatic heterocycles. The molecule has 16 heavy (non-hydrogen) atoms. The van der Waals surface area contributed by atoms with Crippen molar-refractivity contribution in [2.24, 2.45) is 0 Å². The van der Waals surface area contributed by atoms with Crippen molar-refractivity contribution in [3.8, 4) is 0 Å². The predicted molar refractivity (Wildman–Crippen MR) is 63.7 cm³/mol. The zero-order valence-electron chi connectivity index (χ0n) is 8.01. The van der Waals surface area contributed by atoms with E-state index in [1.54, 1.807) is 0 Å². The molecule has 1 heterocycles. The van der Waals surface area contributed by atoms with Gasteiger partial charge in [0.1, 0.15) is 11.6 Å². The van der Waals surface area contributed by atoms with Gasteiger partial charge in [0.15, 0.2) is 0 Å². The van der Waals surface area contributed by atoms with E-state index in [0.717, 1.165) is 12.1 Å². The number of rotatable bonds is 1. The first-order valence-electron chi connectivity index (χ1n) is 4.60. The first-order chi connectivity index (χ1) is 7.50. The van der Waals surface area contributed by atoms with Crippen LogP contribution in [0.4, 0.5) is 14.5 Å². The number of hydrogen-bond acceptors (Lipinski definition) is 1. The van der Waals surface area contributed by atoms with Crippen molar-refractivity contribution in [1.82, 2.24) is 0 Å². The van der Waals surface area contributed by atoms with Crippen LogP contribution in [0.2, 0.25) is 0 Å². The number of carbonyl (C=O) groups is 1. The summed E-state index contributed by atoms with van der Waals surface area (Å²) in [5.74, 6) is -1.42. The molecule has 0 spiro atoms. The molecular weight excluding hydrogens is 348 g/mol. The lowest BCUT2D eigenvalue weighted by atomic mass is 10.2. The van der Waals surface area contributed by atoms with Crippen LogP contribution in [0.5, 0.6) is 0 Å². The van der Waals surface area contributed by atoms with Crippen LogP contribution in [0.15, 0.2) is 16.6 Å². The highest BCUT2D eigenvalue weighted by atomic mass is 79.9. The fourth-order valence-corrected chi connectivity index (χ4v) is 2.37. The SMILES string of the molecule is O=C1C(Br)CCN1c1cc(F)c(Br)cc1F. The van der Waals surface area contributed by atoms with Crippen molar-refractivity contribution >= 4 is 43.5 Å². The molecule has 1 aromatic carbocycles. The van der Waals surface area contributed by atoms with E-state index in [0.29, 0.717) is 13.0 Å². The van der Waals surface area contributed by atoms with E-state index in [1.165, 1.54) is 4.90 Å². The number of benzene rings is 1. The van der Waals surface area contributed by atoms with Gasteiger partial charge in [-0.3, -0.25) is 4.79 Å². The van der Waals surface area contributed by atoms with E-state index in [1.807, 2.05) is 0 Å². The van der Waals surface area contributed by atoms with Crippen molar-refractivity contribution in [1.29, 1.82) is 0 Å². The summed E-state index contributed by atoms with van der Waals surface area (Å²) in [7, 11) is 0. The van der Waals surface area contributed by atoms with Gasteiger partial charge in [-0.05, 0) is 28.4 Å². The molecule has 1 aliphatic rings. The van der Waals surface area contributed by atoms with Crippen molar-refractivity contribution < 1.29 is 13.6 Å². The Morgan fingerprint density at radius 2 is 2.00 bits per heavy atom. The molecule has 6 heteroatoms. The summed E-state index contributed by atoms with van der Waals surface area (Å²) in [5.41, 5.74) is -0.00681. The predicted octanol–water partition coefficient (Wildman–Crippen LogP) is 3.23. The Kier molecular flexibility index (Phi) is 3.30. The van der Waals surface area contributed by atoms with Crippen LogP contribution in [0.3, 0.4) is 0 Å². The largest absolute Gasteiger partial charge is 0.309 e. The number of hydrogen-bond donors (Lipinski definition) is 0. The van der Waals surface area contributed by atoms with Gasteiger partial charge < -0.3 is 4.90 Å². The van der Waals surface area contributed by atoms with E-state index in [9.17, 15) is 13.6 Å². The Labute approximate surface area is 108 Å². The van der Waals surface area contributed by atoms with Gasteiger partial charge in [0.25, 0.3) is 0 Å². The smallest absolute Gasteiger partial charge is 0.240 e. The number of halogens is 4. The van der Waals surface area contributed by atoms with Crippen molar-refractivity contribution in [2.45, 2.75) is 11.2 Å². The number of amides is 1. The van der Waals surface area contributed by atoms with Gasteiger partial charge in [0, 0.05) is 12.6 Å². The van der Waals surface area contributed by atoms with E-state index in [-0.39, 0.29) is 20.9 Å². The highest BCUT2D eigenvalue weighted by molar-refractivity contribution is 9.10. The van der Waals surface area contributed by atoms with Gasteiger partial charge in [0.2, 0.25) is 5.91 Å². The maximum atomic E-state index is 13.6. The summed E-state index contributed by atoms with van der Waals surface area (Å²) in [5, 5.41) is 0. The molecule has 1 fully saturated rings. The molecule has 0 N–H and O–H groups in total. The second-order valence-corrected chi connectivity index (χ2v) is 5.42. The fourth-order valence-electron chi connectivity index (χ4n) is 1.60. The van der Waals surface area contributed by atoms with Gasteiger partial charge in [-0.15, -0.1) is 0 Å². The zero-order chi connectivity index (χ0) is 11.9. The summed E-state index contributed by atoms with van der Waals surface area (Å²) in [6.45, 7) is 0.396. The zero-order valence-corrected chi connectivity index (χ0v) is 11.2. The lowest BCUT2D eigenvalue weighted by molar-refractivity contribution is -0.116. The molecule has 0 radical (unpaired) electrons. The molecular formula is C10H7Br2F2NO. The van der Waals surface area contributed by atoms with Crippen molar-refractivity contribution in [2.75, 3.05) is 11.4 Å². The summed E-state index contributed by atoms with van der Waals surface area (Å²) in [4.78, 5) is 12.6. The Morgan fingerprint density at radius 3 is 2.56 bits per heavy atom. The van der Waals surface area contributed by atoms with Gasteiger partial charge in [-0.25, -0.2) is 8.78 Å². The molecule has 2 nitrogen and oxygen atoms in total. The minimum absolute atomic E-state index is 0.00681. The van der Waals surface area contributed by atoms with Crippen LogP contribution >= 0.6 is 31.9 Å². The van der Waals surface area contributed by atoms with Crippen molar-refractivity contribution in [3.63, 3.8) is 0 Å². The van der Waals surface area contributed by atoms with E-state index in [2.05, 4.69) is 31.9 Å². The molecule has 0 saturated carbocycles.